The number of hydrogen-bond acceptors (Lipinski definition) is 14. The van der Waals surface area contributed by atoms with Crippen molar-refractivity contribution >= 4 is 65.8 Å². The molecule has 3 aliphatic rings. The first-order valence-electron chi connectivity index (χ1n) is 42.4. The van der Waals surface area contributed by atoms with Gasteiger partial charge < -0.3 is 13.3 Å². The van der Waals surface area contributed by atoms with Crippen LogP contribution in [0.2, 0.25) is 0 Å². The van der Waals surface area contributed by atoms with E-state index in [0.29, 0.717) is 63.8 Å². The molecule has 0 spiro atoms. The molecule has 598 valence electrons. The van der Waals surface area contributed by atoms with Crippen LogP contribution in [0.1, 0.15) is 74.9 Å². The predicted octanol–water partition coefficient (Wildman–Crippen LogP) is 27.7. The molecule has 0 N–H and O–H groups in total. The summed E-state index contributed by atoms with van der Waals surface area (Å²) in [5, 5.41) is 6.54. The van der Waals surface area contributed by atoms with Crippen molar-refractivity contribution in [1.29, 1.82) is 0 Å². The number of hydrogen-bond donors (Lipinski definition) is 0. The van der Waals surface area contributed by atoms with Gasteiger partial charge in [-0.3, -0.25) is 9.97 Å². The lowest BCUT2D eigenvalue weighted by Gasteiger charge is -2.21. The van der Waals surface area contributed by atoms with Crippen LogP contribution in [0.25, 0.3) is 213 Å². The summed E-state index contributed by atoms with van der Waals surface area (Å²) in [7, 11) is 0. The molecule has 0 atom stereocenters. The number of aromatic nitrogens is 11. The van der Waals surface area contributed by atoms with Gasteiger partial charge in [0.1, 0.15) is 44.9 Å². The maximum atomic E-state index is 6.91. The first-order valence-corrected chi connectivity index (χ1v) is 42.4. The van der Waals surface area contributed by atoms with Crippen LogP contribution in [-0.4, -0.2) is 54.8 Å². The van der Waals surface area contributed by atoms with Crippen LogP contribution in [0, 0.1) is 0 Å². The van der Waals surface area contributed by atoms with Gasteiger partial charge in [0.2, 0.25) is 0 Å². The predicted molar refractivity (Wildman–Crippen MR) is 504 cm³/mol. The Kier molecular flexibility index (Phi) is 17.6. The first kappa shape index (κ1) is 74.8. The van der Waals surface area contributed by atoms with Crippen molar-refractivity contribution < 1.29 is 13.3 Å². The largest absolute Gasteiger partial charge is 0.456 e. The van der Waals surface area contributed by atoms with E-state index >= 15 is 0 Å². The lowest BCUT2D eigenvalue weighted by atomic mass is 9.82. The maximum absolute atomic E-state index is 6.91. The average molecular weight is 1620 g/mol. The van der Waals surface area contributed by atoms with Gasteiger partial charge in [-0.15, -0.1) is 0 Å². The van der Waals surface area contributed by atoms with E-state index in [1.54, 1.807) is 12.4 Å². The van der Waals surface area contributed by atoms with Gasteiger partial charge in [0.25, 0.3) is 0 Å². The summed E-state index contributed by atoms with van der Waals surface area (Å²) in [6.07, 6.45) is 3.47. The zero-order valence-corrected chi connectivity index (χ0v) is 69.7. The second kappa shape index (κ2) is 29.6. The van der Waals surface area contributed by atoms with Crippen LogP contribution in [-0.2, 0) is 16.2 Å². The van der Waals surface area contributed by atoms with Crippen LogP contribution in [0.4, 0.5) is 0 Å². The highest BCUT2D eigenvalue weighted by Crippen LogP contribution is 2.57. The molecule has 14 heteroatoms. The van der Waals surface area contributed by atoms with Crippen LogP contribution in [0.15, 0.2) is 371 Å². The SMILES string of the molecule is CC1(C)c2ccccc2-c2ccc3c(oc4c(-c5cccc(-c6nc(-c7ccccc7)nc(-c7ccccc7)n6)c5)cccc43)c21.CC1(C)c2ccccc2-c2ccc3c(oc4ccc(-c5nc(-c6ccccc6)nc(-c6ccccc6)n5)cc43)c21.CC1(C)c2ccccc2-c2ccc3c(oc4ccc(-c5nc(-c6ccccn6)nc(-c6ccccn6)n5)cc43)c21. The van der Waals surface area contributed by atoms with Crippen molar-refractivity contribution in [2.24, 2.45) is 0 Å². The second-order valence-electron chi connectivity index (χ2n) is 33.9. The molecule has 14 aromatic carbocycles. The molecule has 0 radical (unpaired) electrons. The van der Waals surface area contributed by atoms with Gasteiger partial charge in [0.05, 0.1) is 0 Å². The van der Waals surface area contributed by atoms with Crippen molar-refractivity contribution in [3.05, 3.63) is 392 Å². The topological polar surface area (TPSA) is 181 Å². The minimum atomic E-state index is -0.162. The van der Waals surface area contributed by atoms with Crippen molar-refractivity contribution in [2.45, 2.75) is 57.8 Å². The summed E-state index contributed by atoms with van der Waals surface area (Å²) in [6, 6.07) is 118. The summed E-state index contributed by atoms with van der Waals surface area (Å²) in [4.78, 5) is 52.8. The number of para-hydroxylation sites is 1. The number of furan rings is 3. The van der Waals surface area contributed by atoms with E-state index in [1.165, 1.54) is 66.8 Å². The number of fused-ring (bicyclic) bond motifs is 21. The van der Waals surface area contributed by atoms with E-state index < -0.39 is 0 Å². The molecular weight excluding hydrogens is 1550 g/mol. The van der Waals surface area contributed by atoms with Gasteiger partial charge in [0.15, 0.2) is 52.4 Å². The molecule has 25 rings (SSSR count). The molecule has 126 heavy (non-hydrogen) atoms. The Morgan fingerprint density at radius 1 is 0.190 bits per heavy atom. The fraction of sp³-hybridized carbons (Fsp3) is 0.0804. The van der Waals surface area contributed by atoms with E-state index in [4.69, 9.17) is 58.1 Å². The first-order chi connectivity index (χ1) is 61.7. The second-order valence-corrected chi connectivity index (χ2v) is 33.9. The third-order valence-electron chi connectivity index (χ3n) is 25.3. The summed E-state index contributed by atoms with van der Waals surface area (Å²) >= 11 is 0. The molecular formula is C112H77N11O3. The highest BCUT2D eigenvalue weighted by molar-refractivity contribution is 6.14. The Morgan fingerprint density at radius 2 is 0.484 bits per heavy atom. The molecule has 0 aliphatic heterocycles. The molecule has 0 saturated heterocycles. The van der Waals surface area contributed by atoms with Gasteiger partial charge in [-0.25, -0.2) is 44.9 Å². The Balaban J connectivity index is 0.000000109. The minimum absolute atomic E-state index is 0.147. The fourth-order valence-corrected chi connectivity index (χ4v) is 19.2. The fourth-order valence-electron chi connectivity index (χ4n) is 19.2. The van der Waals surface area contributed by atoms with Crippen LogP contribution < -0.4 is 0 Å². The lowest BCUT2D eigenvalue weighted by molar-refractivity contribution is 0.619. The zero-order valence-electron chi connectivity index (χ0n) is 69.7. The number of nitrogens with zero attached hydrogens (tertiary/aromatic N) is 11. The Labute approximate surface area is 725 Å². The molecule has 0 amide bonds. The number of rotatable bonds is 10. The zero-order chi connectivity index (χ0) is 84.5. The third kappa shape index (κ3) is 12.5. The Bertz CT molecular complexity index is 7630. The van der Waals surface area contributed by atoms with Gasteiger partial charge >= 0.3 is 0 Å². The van der Waals surface area contributed by atoms with E-state index in [-0.39, 0.29) is 16.2 Å². The van der Waals surface area contributed by atoms with Gasteiger partial charge in [-0.05, 0) is 141 Å². The van der Waals surface area contributed by atoms with E-state index in [9.17, 15) is 0 Å². The third-order valence-corrected chi connectivity index (χ3v) is 25.3. The monoisotopic (exact) mass is 1620 g/mol. The molecule has 8 heterocycles. The molecule has 0 fully saturated rings. The smallest absolute Gasteiger partial charge is 0.182 e. The number of benzene rings is 14. The molecule has 3 aliphatic carbocycles. The van der Waals surface area contributed by atoms with E-state index in [1.807, 2.05) is 182 Å². The molecule has 0 bridgehead atoms. The highest BCUT2D eigenvalue weighted by atomic mass is 16.3. The molecule has 8 aromatic heterocycles. The average Bonchev–Trinajstić information content (AvgIpc) is 1.56. The van der Waals surface area contributed by atoms with Gasteiger partial charge in [0, 0.05) is 122 Å². The van der Waals surface area contributed by atoms with Crippen LogP contribution >= 0.6 is 0 Å². The molecule has 0 saturated carbocycles. The molecule has 14 nitrogen and oxygen atoms in total. The van der Waals surface area contributed by atoms with E-state index in [2.05, 4.69) is 215 Å². The van der Waals surface area contributed by atoms with Gasteiger partial charge in [-0.1, -0.05) is 302 Å². The Hall–Kier alpha value is -16.2. The van der Waals surface area contributed by atoms with Crippen LogP contribution in [0.3, 0.4) is 0 Å². The minimum Gasteiger partial charge on any atom is -0.456 e. The Morgan fingerprint density at radius 3 is 0.873 bits per heavy atom. The summed E-state index contributed by atoms with van der Waals surface area (Å²) in [6.45, 7) is 13.7. The molecule has 22 aromatic rings. The standard InChI is InChI=1S/C42H29N3O.C36H25N3O.C34H23N5O/c1-42(2)35-22-10-9-19-31(35)32-23-24-34-33-21-12-20-30(37(33)46-38(34)36(32)42)28-17-11-18-29(25-28)41-44-39(26-13-5-3-6-14-26)43-40(45-41)27-15-7-4-8-16-27;1-36(2)29-16-10-9-15-25(29)26-18-19-27-28-21-24(17-20-30(28)40-32(27)31(26)36)35-38-33(22-11-5-3-6-12-22)37-34(39-35)23-13-7-4-8-14-23;1-34(2)25-10-4-3-9-21(25)22-14-15-23-24-19-20(13-16-28(24)40-30(23)29(22)34)31-37-32(26-11-5-7-17-35-26)39-33(38-31)27-12-6-8-18-36-27/h3-25H,1-2H3;3-21H,1-2H3;3-19H,1-2H3. The lowest BCUT2D eigenvalue weighted by Crippen LogP contribution is -2.15. The van der Waals surface area contributed by atoms with Crippen molar-refractivity contribution in [3.8, 4) is 147 Å². The summed E-state index contributed by atoms with van der Waals surface area (Å²) in [5.74, 6) is 5.42. The highest BCUT2D eigenvalue weighted by Gasteiger charge is 2.42. The maximum Gasteiger partial charge on any atom is 0.182 e. The van der Waals surface area contributed by atoms with Crippen LogP contribution in [0.5, 0.6) is 0 Å². The van der Waals surface area contributed by atoms with Crippen molar-refractivity contribution in [2.75, 3.05) is 0 Å². The summed E-state index contributed by atoms with van der Waals surface area (Å²) in [5.41, 5.74) is 30.3. The normalized spacial score (nSPS) is 13.3. The summed E-state index contributed by atoms with van der Waals surface area (Å²) < 4.78 is 20.1. The number of pyridine rings is 2. The molecule has 0 unspecified atom stereocenters. The quantitative estimate of drug-likeness (QED) is 0.126. The van der Waals surface area contributed by atoms with E-state index in [0.717, 1.165) is 116 Å². The van der Waals surface area contributed by atoms with Crippen molar-refractivity contribution in [1.82, 2.24) is 54.8 Å². The van der Waals surface area contributed by atoms with Gasteiger partial charge in [-0.2, -0.15) is 0 Å². The van der Waals surface area contributed by atoms with Crippen molar-refractivity contribution in [3.63, 3.8) is 0 Å².